The zero-order valence-electron chi connectivity index (χ0n) is 18.8. The second-order valence-corrected chi connectivity index (χ2v) is 8.31. The third kappa shape index (κ3) is 3.89. The number of hydrogen-bond acceptors (Lipinski definition) is 6. The molecule has 3 aromatic rings. The number of carboxylic acid groups (broad SMARTS) is 1. The van der Waals surface area contributed by atoms with Crippen molar-refractivity contribution >= 4 is 22.8 Å². The first-order chi connectivity index (χ1) is 15.8. The van der Waals surface area contributed by atoms with Crippen molar-refractivity contribution in [3.63, 3.8) is 0 Å². The van der Waals surface area contributed by atoms with Crippen molar-refractivity contribution < 1.29 is 24.5 Å². The average Bonchev–Trinajstić information content (AvgIpc) is 3.37. The summed E-state index contributed by atoms with van der Waals surface area (Å²) in [6.45, 7) is 3.21. The highest BCUT2D eigenvalue weighted by atomic mass is 16.5. The number of fused-ring (bicyclic) bond motifs is 1. The Balaban J connectivity index is 1.74. The van der Waals surface area contributed by atoms with Gasteiger partial charge in [-0.2, -0.15) is 0 Å². The van der Waals surface area contributed by atoms with Gasteiger partial charge in [0, 0.05) is 35.8 Å². The number of aromatic hydroxyl groups is 1. The van der Waals surface area contributed by atoms with Gasteiger partial charge in [-0.15, -0.1) is 0 Å². The molecular weight excluding hydrogens is 426 g/mol. The van der Waals surface area contributed by atoms with Crippen LogP contribution in [0.5, 0.6) is 5.75 Å². The number of hydrogen-bond donors (Lipinski definition) is 3. The van der Waals surface area contributed by atoms with Crippen LogP contribution in [-0.2, 0) is 29.5 Å². The number of carboxylic acids is 1. The molecule has 33 heavy (non-hydrogen) atoms. The highest BCUT2D eigenvalue weighted by Gasteiger charge is 2.32. The first-order valence-corrected chi connectivity index (χ1v) is 10.9. The number of benzene rings is 1. The summed E-state index contributed by atoms with van der Waals surface area (Å²) in [6, 6.07) is 7.47. The van der Waals surface area contributed by atoms with Crippen molar-refractivity contribution in [1.82, 2.24) is 14.5 Å². The number of H-pyrrole nitrogens is 1. The number of aromatic amines is 1. The average molecular weight is 453 g/mol. The standard InChI is InChI=1S/C24H27N3O6/c1-4-16-20(25-22(29)19(21(16)28)23(30)31)13-7-8-17-14(10-13)11-15(26(17)2)12-27-9-5-6-18(27)24(32)33-3/h7-8,10-11,18H,4-6,9,12H2,1-3H3,(H,30,31)(H2,25,28,29). The van der Waals surface area contributed by atoms with E-state index in [1.807, 2.05) is 31.3 Å². The van der Waals surface area contributed by atoms with Gasteiger partial charge in [0.05, 0.1) is 12.8 Å². The van der Waals surface area contributed by atoms with E-state index in [4.69, 9.17) is 4.74 Å². The van der Waals surface area contributed by atoms with Crippen LogP contribution in [0.1, 0.15) is 41.4 Å². The molecule has 3 N–H and O–H groups in total. The molecule has 1 atom stereocenters. The van der Waals surface area contributed by atoms with Crippen molar-refractivity contribution in [2.75, 3.05) is 13.7 Å². The lowest BCUT2D eigenvalue weighted by Crippen LogP contribution is -2.36. The quantitative estimate of drug-likeness (QED) is 0.490. The van der Waals surface area contributed by atoms with Gasteiger partial charge in [-0.3, -0.25) is 14.5 Å². The first kappa shape index (κ1) is 22.6. The van der Waals surface area contributed by atoms with Crippen molar-refractivity contribution in [1.29, 1.82) is 0 Å². The molecule has 174 valence electrons. The number of nitrogens with one attached hydrogen (secondary N) is 1. The molecule has 1 saturated heterocycles. The van der Waals surface area contributed by atoms with E-state index in [0.717, 1.165) is 36.0 Å². The van der Waals surface area contributed by atoms with Crippen LogP contribution in [-0.4, -0.2) is 56.3 Å². The molecule has 1 aliphatic heterocycles. The Morgan fingerprint density at radius 3 is 2.70 bits per heavy atom. The molecule has 0 saturated carbocycles. The summed E-state index contributed by atoms with van der Waals surface area (Å²) in [5.41, 5.74) is 1.98. The van der Waals surface area contributed by atoms with Gasteiger partial charge in [0.25, 0.3) is 5.56 Å². The minimum atomic E-state index is -1.47. The van der Waals surface area contributed by atoms with Crippen LogP contribution in [0.25, 0.3) is 22.2 Å². The van der Waals surface area contributed by atoms with Crippen LogP contribution in [0, 0.1) is 0 Å². The van der Waals surface area contributed by atoms with E-state index in [9.17, 15) is 24.6 Å². The summed E-state index contributed by atoms with van der Waals surface area (Å²) >= 11 is 0. The van der Waals surface area contributed by atoms with Gasteiger partial charge in [0.15, 0.2) is 5.56 Å². The zero-order chi connectivity index (χ0) is 23.9. The Morgan fingerprint density at radius 1 is 1.27 bits per heavy atom. The molecule has 9 nitrogen and oxygen atoms in total. The van der Waals surface area contributed by atoms with Crippen LogP contribution >= 0.6 is 0 Å². The number of ether oxygens (including phenoxy) is 1. The summed E-state index contributed by atoms with van der Waals surface area (Å²) < 4.78 is 7.02. The molecule has 0 radical (unpaired) electrons. The van der Waals surface area contributed by atoms with Gasteiger partial charge in [-0.05, 0) is 49.6 Å². The topological polar surface area (TPSA) is 125 Å². The second kappa shape index (κ2) is 8.74. The number of aryl methyl sites for hydroxylation is 1. The van der Waals surface area contributed by atoms with Crippen molar-refractivity contribution in [2.24, 2.45) is 7.05 Å². The highest BCUT2D eigenvalue weighted by Crippen LogP contribution is 2.33. The number of carbonyl (C=O) groups excluding carboxylic acids is 1. The fourth-order valence-corrected chi connectivity index (χ4v) is 4.76. The van der Waals surface area contributed by atoms with Crippen LogP contribution in [0.4, 0.5) is 0 Å². The number of methoxy groups -OCH3 is 1. The van der Waals surface area contributed by atoms with Crippen LogP contribution < -0.4 is 5.56 Å². The predicted molar refractivity (Wildman–Crippen MR) is 122 cm³/mol. The lowest BCUT2D eigenvalue weighted by atomic mass is 9.99. The lowest BCUT2D eigenvalue weighted by Gasteiger charge is -2.22. The minimum Gasteiger partial charge on any atom is -0.506 e. The Kier molecular flexibility index (Phi) is 5.99. The summed E-state index contributed by atoms with van der Waals surface area (Å²) in [4.78, 5) is 40.6. The molecule has 1 aromatic carbocycles. The van der Waals surface area contributed by atoms with Gasteiger partial charge in [-0.1, -0.05) is 13.0 Å². The van der Waals surface area contributed by atoms with Crippen molar-refractivity contribution in [2.45, 2.75) is 38.8 Å². The van der Waals surface area contributed by atoms with E-state index < -0.39 is 22.8 Å². The molecule has 1 unspecified atom stereocenters. The molecule has 9 heteroatoms. The first-order valence-electron chi connectivity index (χ1n) is 10.9. The number of aromatic carboxylic acids is 1. The molecule has 4 rings (SSSR count). The number of carbonyl (C=O) groups is 2. The normalized spacial score (nSPS) is 16.4. The second-order valence-electron chi connectivity index (χ2n) is 8.31. The zero-order valence-corrected chi connectivity index (χ0v) is 18.8. The number of likely N-dealkylation sites (tertiary alicyclic amines) is 1. The van der Waals surface area contributed by atoms with Gasteiger partial charge < -0.3 is 24.5 Å². The third-order valence-electron chi connectivity index (χ3n) is 6.49. The predicted octanol–water partition coefficient (Wildman–Crippen LogP) is 2.64. The maximum Gasteiger partial charge on any atom is 0.345 e. The molecule has 1 aliphatic rings. The van der Waals surface area contributed by atoms with Gasteiger partial charge in [0.2, 0.25) is 0 Å². The SMILES string of the molecule is CCc1c(-c2ccc3c(c2)cc(CN2CCCC2C(=O)OC)n3C)[nH]c(=O)c(C(=O)O)c1O. The summed E-state index contributed by atoms with van der Waals surface area (Å²) in [6.07, 6.45) is 2.07. The van der Waals surface area contributed by atoms with Gasteiger partial charge in [0.1, 0.15) is 11.8 Å². The van der Waals surface area contributed by atoms with Crippen LogP contribution in [0.15, 0.2) is 29.1 Å². The summed E-state index contributed by atoms with van der Waals surface area (Å²) in [5, 5.41) is 20.7. The molecule has 0 aliphatic carbocycles. The third-order valence-corrected chi connectivity index (χ3v) is 6.49. The number of pyridine rings is 1. The van der Waals surface area contributed by atoms with E-state index in [-0.39, 0.29) is 12.0 Å². The van der Waals surface area contributed by atoms with Crippen molar-refractivity contribution in [3.05, 3.63) is 51.4 Å². The maximum atomic E-state index is 12.3. The Labute approximate surface area is 190 Å². The molecule has 3 heterocycles. The summed E-state index contributed by atoms with van der Waals surface area (Å²) in [7, 11) is 3.38. The van der Waals surface area contributed by atoms with E-state index in [1.165, 1.54) is 7.11 Å². The minimum absolute atomic E-state index is 0.214. The molecule has 2 aromatic heterocycles. The van der Waals surface area contributed by atoms with Gasteiger partial charge in [-0.25, -0.2) is 4.79 Å². The monoisotopic (exact) mass is 453 g/mol. The molecule has 0 spiro atoms. The van der Waals surface area contributed by atoms with Crippen LogP contribution in [0.3, 0.4) is 0 Å². The largest absolute Gasteiger partial charge is 0.506 e. The molecule has 0 amide bonds. The van der Waals surface area contributed by atoms with Crippen molar-refractivity contribution in [3.8, 4) is 17.0 Å². The van der Waals surface area contributed by atoms with Gasteiger partial charge >= 0.3 is 11.9 Å². The fourth-order valence-electron chi connectivity index (χ4n) is 4.76. The Bertz CT molecular complexity index is 1310. The fraction of sp³-hybridized carbons (Fsp3) is 0.375. The van der Waals surface area contributed by atoms with Crippen LogP contribution in [0.2, 0.25) is 0 Å². The lowest BCUT2D eigenvalue weighted by molar-refractivity contribution is -0.146. The Hall–Kier alpha value is -3.59. The smallest absolute Gasteiger partial charge is 0.345 e. The highest BCUT2D eigenvalue weighted by molar-refractivity contribution is 5.92. The van der Waals surface area contributed by atoms with E-state index in [2.05, 4.69) is 14.5 Å². The summed E-state index contributed by atoms with van der Waals surface area (Å²) in [5.74, 6) is -2.18. The molecular formula is C24H27N3O6. The number of esters is 1. The number of nitrogens with zero attached hydrogens (tertiary/aromatic N) is 2. The number of rotatable bonds is 6. The molecule has 1 fully saturated rings. The van der Waals surface area contributed by atoms with E-state index >= 15 is 0 Å². The van der Waals surface area contributed by atoms with E-state index in [0.29, 0.717) is 29.8 Å². The molecule has 0 bridgehead atoms. The maximum absolute atomic E-state index is 12.3. The Morgan fingerprint density at radius 2 is 2.03 bits per heavy atom. The van der Waals surface area contributed by atoms with E-state index in [1.54, 1.807) is 6.92 Å². The number of aromatic nitrogens is 2.